The Morgan fingerprint density at radius 2 is 1.63 bits per heavy atom. The topological polar surface area (TPSA) is 84.5 Å². The molecule has 1 amide bonds. The average molecular weight is 428 g/mol. The third kappa shape index (κ3) is 4.44. The molecular weight excluding hydrogens is 407 g/mol. The number of anilines is 2. The van der Waals surface area contributed by atoms with Gasteiger partial charge in [-0.1, -0.05) is 30.3 Å². The van der Waals surface area contributed by atoms with Crippen molar-refractivity contribution in [1.82, 2.24) is 0 Å². The number of para-hydroxylation sites is 1. The third-order valence-corrected chi connectivity index (χ3v) is 5.91. The van der Waals surface area contributed by atoms with Gasteiger partial charge in [0.2, 0.25) is 0 Å². The molecule has 0 atom stereocenters. The monoisotopic (exact) mass is 428 g/mol. The van der Waals surface area contributed by atoms with Gasteiger partial charge in [0.25, 0.3) is 15.9 Å². The van der Waals surface area contributed by atoms with E-state index in [-0.39, 0.29) is 21.9 Å². The van der Waals surface area contributed by atoms with Crippen molar-refractivity contribution in [1.29, 1.82) is 0 Å². The van der Waals surface area contributed by atoms with Crippen molar-refractivity contribution in [3.8, 4) is 5.75 Å². The second-order valence-electron chi connectivity index (χ2n) is 6.67. The molecule has 0 aromatic heterocycles. The number of rotatable bonds is 6. The zero-order valence-corrected chi connectivity index (χ0v) is 17.5. The van der Waals surface area contributed by atoms with Crippen molar-refractivity contribution in [2.45, 2.75) is 18.7 Å². The summed E-state index contributed by atoms with van der Waals surface area (Å²) < 4.78 is 47.6. The highest BCUT2D eigenvalue weighted by Gasteiger charge is 2.20. The van der Waals surface area contributed by atoms with Crippen LogP contribution in [0.3, 0.4) is 0 Å². The van der Waals surface area contributed by atoms with Gasteiger partial charge in [0.15, 0.2) is 0 Å². The van der Waals surface area contributed by atoms with Crippen LogP contribution in [0.5, 0.6) is 5.75 Å². The van der Waals surface area contributed by atoms with Gasteiger partial charge in [0, 0.05) is 0 Å². The highest BCUT2D eigenvalue weighted by Crippen LogP contribution is 2.30. The van der Waals surface area contributed by atoms with E-state index in [1.54, 1.807) is 26.0 Å². The summed E-state index contributed by atoms with van der Waals surface area (Å²) in [7, 11) is -2.56. The maximum Gasteiger partial charge on any atom is 0.261 e. The molecule has 3 aromatic rings. The molecule has 0 unspecified atom stereocenters. The van der Waals surface area contributed by atoms with Crippen LogP contribution in [0.25, 0.3) is 0 Å². The predicted molar refractivity (Wildman–Crippen MR) is 114 cm³/mol. The number of amides is 1. The second kappa shape index (κ2) is 8.54. The van der Waals surface area contributed by atoms with Gasteiger partial charge in [-0.2, -0.15) is 0 Å². The smallest absolute Gasteiger partial charge is 0.261 e. The highest BCUT2D eigenvalue weighted by atomic mass is 32.2. The van der Waals surface area contributed by atoms with Crippen molar-refractivity contribution in [2.24, 2.45) is 0 Å². The number of hydrogen-bond acceptors (Lipinski definition) is 4. The molecule has 0 bridgehead atoms. The number of ether oxygens (including phenoxy) is 1. The molecule has 0 saturated carbocycles. The van der Waals surface area contributed by atoms with Gasteiger partial charge in [-0.05, 0) is 55.3 Å². The quantitative estimate of drug-likeness (QED) is 0.605. The maximum atomic E-state index is 13.9. The number of methoxy groups -OCH3 is 1. The van der Waals surface area contributed by atoms with E-state index in [4.69, 9.17) is 4.74 Å². The molecule has 8 heteroatoms. The van der Waals surface area contributed by atoms with E-state index in [1.165, 1.54) is 49.6 Å². The Morgan fingerprint density at radius 3 is 2.27 bits per heavy atom. The summed E-state index contributed by atoms with van der Waals surface area (Å²) in [6.45, 7) is 3.61. The first-order valence-corrected chi connectivity index (χ1v) is 10.5. The van der Waals surface area contributed by atoms with Crippen molar-refractivity contribution in [3.05, 3.63) is 83.2 Å². The van der Waals surface area contributed by atoms with Crippen molar-refractivity contribution in [2.75, 3.05) is 17.1 Å². The number of carbonyl (C=O) groups excluding carboxylic acids is 1. The van der Waals surface area contributed by atoms with Crippen LogP contribution in [-0.4, -0.2) is 21.4 Å². The minimum atomic E-state index is -3.95. The van der Waals surface area contributed by atoms with Gasteiger partial charge >= 0.3 is 0 Å². The van der Waals surface area contributed by atoms with Gasteiger partial charge in [-0.15, -0.1) is 0 Å². The predicted octanol–water partition coefficient (Wildman–Crippen LogP) is 4.50. The van der Waals surface area contributed by atoms with E-state index in [2.05, 4.69) is 10.0 Å². The molecule has 0 aliphatic carbocycles. The molecule has 0 saturated heterocycles. The van der Waals surface area contributed by atoms with Gasteiger partial charge in [-0.3, -0.25) is 9.52 Å². The third-order valence-electron chi connectivity index (χ3n) is 4.57. The Kier molecular flexibility index (Phi) is 6.07. The minimum Gasteiger partial charge on any atom is -0.495 e. The lowest BCUT2D eigenvalue weighted by molar-refractivity contribution is 0.102. The molecule has 156 valence electrons. The van der Waals surface area contributed by atoms with Gasteiger partial charge in [0.1, 0.15) is 11.6 Å². The standard InChI is InChI=1S/C22H21FN2O4S/c1-14-7-6-8-15(2)21(14)25-30(27,28)16-11-12-20(29-3)19(13-16)24-22(26)17-9-4-5-10-18(17)23/h4-13,25H,1-3H3,(H,24,26). The average Bonchev–Trinajstić information content (AvgIpc) is 2.71. The fourth-order valence-electron chi connectivity index (χ4n) is 2.96. The van der Waals surface area contributed by atoms with E-state index in [9.17, 15) is 17.6 Å². The van der Waals surface area contributed by atoms with Crippen molar-refractivity contribution in [3.63, 3.8) is 0 Å². The molecule has 3 rings (SSSR count). The number of benzene rings is 3. The number of sulfonamides is 1. The minimum absolute atomic E-state index is 0.0743. The van der Waals surface area contributed by atoms with Gasteiger partial charge < -0.3 is 10.1 Å². The Labute approximate surface area is 174 Å². The molecule has 3 aromatic carbocycles. The van der Waals surface area contributed by atoms with Crippen LogP contribution in [0.15, 0.2) is 65.6 Å². The molecule has 2 N–H and O–H groups in total. The van der Waals surface area contributed by atoms with Crippen LogP contribution in [0.1, 0.15) is 21.5 Å². The molecule has 0 aliphatic rings. The second-order valence-corrected chi connectivity index (χ2v) is 8.35. The van der Waals surface area contributed by atoms with E-state index in [1.807, 2.05) is 6.07 Å². The summed E-state index contributed by atoms with van der Waals surface area (Å²) in [5.41, 5.74) is 1.99. The summed E-state index contributed by atoms with van der Waals surface area (Å²) >= 11 is 0. The van der Waals surface area contributed by atoms with E-state index in [0.29, 0.717) is 5.69 Å². The fraction of sp³-hybridized carbons (Fsp3) is 0.136. The Bertz CT molecular complexity index is 1190. The zero-order valence-electron chi connectivity index (χ0n) is 16.7. The van der Waals surface area contributed by atoms with Crippen LogP contribution in [-0.2, 0) is 10.0 Å². The van der Waals surface area contributed by atoms with Crippen LogP contribution >= 0.6 is 0 Å². The van der Waals surface area contributed by atoms with Crippen LogP contribution in [0.2, 0.25) is 0 Å². The first-order valence-electron chi connectivity index (χ1n) is 9.06. The molecule has 30 heavy (non-hydrogen) atoms. The number of aryl methyl sites for hydroxylation is 2. The van der Waals surface area contributed by atoms with E-state index >= 15 is 0 Å². The van der Waals surface area contributed by atoms with Crippen molar-refractivity contribution < 1.29 is 22.3 Å². The first kappa shape index (κ1) is 21.3. The summed E-state index contributed by atoms with van der Waals surface area (Å²) in [5.74, 6) is -1.16. The molecule has 0 spiro atoms. The summed E-state index contributed by atoms with van der Waals surface area (Å²) in [6, 6.07) is 15.0. The molecule has 0 radical (unpaired) electrons. The lowest BCUT2D eigenvalue weighted by atomic mass is 10.1. The fourth-order valence-corrected chi connectivity index (χ4v) is 4.18. The molecular formula is C22H21FN2O4S. The molecule has 0 heterocycles. The van der Waals surface area contributed by atoms with Crippen LogP contribution < -0.4 is 14.8 Å². The lowest BCUT2D eigenvalue weighted by Crippen LogP contribution is -2.17. The number of hydrogen-bond donors (Lipinski definition) is 2. The van der Waals surface area contributed by atoms with Crippen LogP contribution in [0.4, 0.5) is 15.8 Å². The maximum absolute atomic E-state index is 13.9. The summed E-state index contributed by atoms with van der Waals surface area (Å²) in [4.78, 5) is 12.4. The number of nitrogens with one attached hydrogen (secondary N) is 2. The van der Waals surface area contributed by atoms with E-state index < -0.39 is 21.7 Å². The lowest BCUT2D eigenvalue weighted by Gasteiger charge is -2.15. The Hall–Kier alpha value is -3.39. The highest BCUT2D eigenvalue weighted by molar-refractivity contribution is 7.92. The SMILES string of the molecule is COc1ccc(S(=O)(=O)Nc2c(C)cccc2C)cc1NC(=O)c1ccccc1F. The number of halogens is 1. The zero-order chi connectivity index (χ0) is 21.9. The van der Waals surface area contributed by atoms with Crippen molar-refractivity contribution >= 4 is 27.3 Å². The normalized spacial score (nSPS) is 11.1. The first-order chi connectivity index (χ1) is 14.2. The summed E-state index contributed by atoms with van der Waals surface area (Å²) in [5, 5.41) is 2.52. The van der Waals surface area contributed by atoms with E-state index in [0.717, 1.165) is 11.1 Å². The van der Waals surface area contributed by atoms with Gasteiger partial charge in [-0.25, -0.2) is 12.8 Å². The largest absolute Gasteiger partial charge is 0.495 e. The number of carbonyl (C=O) groups is 1. The Balaban J connectivity index is 1.96. The Morgan fingerprint density at radius 1 is 0.967 bits per heavy atom. The van der Waals surface area contributed by atoms with Gasteiger partial charge in [0.05, 0.1) is 28.9 Å². The molecule has 0 aliphatic heterocycles. The van der Waals surface area contributed by atoms with Crippen LogP contribution in [0, 0.1) is 19.7 Å². The molecule has 6 nitrogen and oxygen atoms in total. The summed E-state index contributed by atoms with van der Waals surface area (Å²) in [6.07, 6.45) is 0. The molecule has 0 fully saturated rings.